The largest absolute Gasteiger partial charge is 0.455 e. The van der Waals surface area contributed by atoms with Gasteiger partial charge in [-0.2, -0.15) is 9.97 Å². The maximum atomic E-state index is 6.90. The first-order valence-electron chi connectivity index (χ1n) is 16.8. The molecule has 0 saturated heterocycles. The minimum Gasteiger partial charge on any atom is -0.455 e. The third kappa shape index (κ3) is 3.92. The number of aromatic nitrogens is 4. The van der Waals surface area contributed by atoms with Crippen molar-refractivity contribution >= 4 is 76.1 Å². The van der Waals surface area contributed by atoms with Gasteiger partial charge in [0.1, 0.15) is 11.2 Å². The van der Waals surface area contributed by atoms with Crippen molar-refractivity contribution in [1.82, 2.24) is 19.5 Å². The van der Waals surface area contributed by atoms with E-state index in [2.05, 4.69) is 144 Å². The van der Waals surface area contributed by atoms with Crippen molar-refractivity contribution in [3.8, 4) is 28.7 Å². The summed E-state index contributed by atoms with van der Waals surface area (Å²) >= 11 is 0. The fourth-order valence-corrected chi connectivity index (χ4v) is 7.73. The molecule has 3 aromatic heterocycles. The number of rotatable bonds is 3. The first kappa shape index (κ1) is 27.1. The van der Waals surface area contributed by atoms with Crippen LogP contribution in [0.2, 0.25) is 0 Å². The lowest BCUT2D eigenvalue weighted by Gasteiger charge is -2.13. The Bertz CT molecular complexity index is 3100. The van der Waals surface area contributed by atoms with Crippen LogP contribution in [0.25, 0.3) is 105 Å². The molecule has 3 heterocycles. The van der Waals surface area contributed by atoms with Crippen LogP contribution in [0.4, 0.5) is 0 Å². The Morgan fingerprint density at radius 3 is 1.78 bits per heavy atom. The normalized spacial score (nSPS) is 12.0. The molecule has 0 saturated carbocycles. The standard InChI is InChI=1S/C45H26N4O/c1-2-13-28(14-3-1)43-46-44(48-45(47-43)49-37-20-10-8-18-33(37)34-19-9-11-21-38(34)49)36-25-31-23-22-27-12-6-7-17-32(27)40(31)42-41(36)35-24-29-15-4-5-16-30(29)26-39(35)50-42/h1-26H. The van der Waals surface area contributed by atoms with Crippen LogP contribution in [-0.4, -0.2) is 19.5 Å². The highest BCUT2D eigenvalue weighted by Crippen LogP contribution is 2.44. The Hall–Kier alpha value is -6.85. The van der Waals surface area contributed by atoms with E-state index in [1.807, 2.05) is 18.2 Å². The van der Waals surface area contributed by atoms with E-state index in [4.69, 9.17) is 19.4 Å². The van der Waals surface area contributed by atoms with Crippen molar-refractivity contribution in [3.05, 3.63) is 158 Å². The Balaban J connectivity index is 1.30. The molecular formula is C45H26N4O. The number of hydrogen-bond acceptors (Lipinski definition) is 4. The van der Waals surface area contributed by atoms with E-state index in [0.717, 1.165) is 81.8 Å². The molecule has 11 rings (SSSR count). The smallest absolute Gasteiger partial charge is 0.238 e. The molecule has 232 valence electrons. The van der Waals surface area contributed by atoms with Gasteiger partial charge in [0, 0.05) is 38.1 Å². The summed E-state index contributed by atoms with van der Waals surface area (Å²) in [4.78, 5) is 15.7. The highest BCUT2D eigenvalue weighted by Gasteiger charge is 2.23. The molecule has 8 aromatic carbocycles. The first-order chi connectivity index (χ1) is 24.8. The lowest BCUT2D eigenvalue weighted by molar-refractivity contribution is 0.673. The maximum Gasteiger partial charge on any atom is 0.238 e. The van der Waals surface area contributed by atoms with Crippen LogP contribution in [-0.2, 0) is 0 Å². The van der Waals surface area contributed by atoms with Gasteiger partial charge >= 0.3 is 0 Å². The van der Waals surface area contributed by atoms with E-state index in [0.29, 0.717) is 17.6 Å². The Morgan fingerprint density at radius 2 is 1.02 bits per heavy atom. The molecule has 0 aliphatic heterocycles. The summed E-state index contributed by atoms with van der Waals surface area (Å²) in [5, 5.41) is 11.1. The lowest BCUT2D eigenvalue weighted by atomic mass is 9.95. The number of para-hydroxylation sites is 2. The van der Waals surface area contributed by atoms with Crippen molar-refractivity contribution in [1.29, 1.82) is 0 Å². The number of fused-ring (bicyclic) bond motifs is 11. The number of furan rings is 1. The summed E-state index contributed by atoms with van der Waals surface area (Å²) < 4.78 is 9.06. The quantitative estimate of drug-likeness (QED) is 0.181. The second kappa shape index (κ2) is 10.3. The van der Waals surface area contributed by atoms with Gasteiger partial charge in [0.15, 0.2) is 11.6 Å². The zero-order valence-corrected chi connectivity index (χ0v) is 26.7. The summed E-state index contributed by atoms with van der Waals surface area (Å²) in [5.74, 6) is 1.76. The predicted octanol–water partition coefficient (Wildman–Crippen LogP) is 11.7. The van der Waals surface area contributed by atoms with E-state index in [-0.39, 0.29) is 0 Å². The van der Waals surface area contributed by atoms with Crippen LogP contribution in [0.3, 0.4) is 0 Å². The fraction of sp³-hybridized carbons (Fsp3) is 0. The molecule has 0 amide bonds. The van der Waals surface area contributed by atoms with Crippen molar-refractivity contribution < 1.29 is 4.42 Å². The van der Waals surface area contributed by atoms with E-state index in [1.54, 1.807) is 0 Å². The number of hydrogen-bond donors (Lipinski definition) is 0. The van der Waals surface area contributed by atoms with Gasteiger partial charge in [-0.15, -0.1) is 0 Å². The number of benzene rings is 8. The molecule has 0 radical (unpaired) electrons. The van der Waals surface area contributed by atoms with Crippen LogP contribution in [0, 0.1) is 0 Å². The Kier molecular flexibility index (Phi) is 5.60. The second-order valence-electron chi connectivity index (χ2n) is 12.8. The monoisotopic (exact) mass is 638 g/mol. The molecule has 0 unspecified atom stereocenters. The first-order valence-corrected chi connectivity index (χ1v) is 16.8. The summed E-state index contributed by atoms with van der Waals surface area (Å²) in [5.41, 5.74) is 5.57. The topological polar surface area (TPSA) is 56.7 Å². The van der Waals surface area contributed by atoms with Gasteiger partial charge in [-0.05, 0) is 57.3 Å². The molecule has 5 nitrogen and oxygen atoms in total. The average molecular weight is 639 g/mol. The third-order valence-electron chi connectivity index (χ3n) is 9.99. The summed E-state index contributed by atoms with van der Waals surface area (Å²) in [6.07, 6.45) is 0. The van der Waals surface area contributed by atoms with Crippen molar-refractivity contribution in [2.24, 2.45) is 0 Å². The Morgan fingerprint density at radius 1 is 0.420 bits per heavy atom. The van der Waals surface area contributed by atoms with Gasteiger partial charge in [-0.25, -0.2) is 4.98 Å². The van der Waals surface area contributed by atoms with Gasteiger partial charge < -0.3 is 4.42 Å². The molecule has 0 fully saturated rings. The van der Waals surface area contributed by atoms with Crippen LogP contribution < -0.4 is 0 Å². The van der Waals surface area contributed by atoms with E-state index in [9.17, 15) is 0 Å². The third-order valence-corrected chi connectivity index (χ3v) is 9.99. The molecule has 0 aliphatic rings. The zero-order valence-electron chi connectivity index (χ0n) is 26.7. The van der Waals surface area contributed by atoms with Gasteiger partial charge in [0.2, 0.25) is 5.95 Å². The average Bonchev–Trinajstić information content (AvgIpc) is 3.72. The lowest BCUT2D eigenvalue weighted by Crippen LogP contribution is -2.06. The molecule has 0 atom stereocenters. The SMILES string of the molecule is c1ccc(-c2nc(-c3cc4ccc5ccccc5c4c4oc5cc6ccccc6cc5c34)nc(-n3c4ccccc4c4ccccc43)n2)cc1. The van der Waals surface area contributed by atoms with Gasteiger partial charge in [-0.3, -0.25) is 4.57 Å². The molecule has 11 aromatic rings. The highest BCUT2D eigenvalue weighted by atomic mass is 16.3. The Labute approximate surface area is 285 Å². The van der Waals surface area contributed by atoms with Crippen LogP contribution in [0.5, 0.6) is 0 Å². The van der Waals surface area contributed by atoms with Crippen molar-refractivity contribution in [2.75, 3.05) is 0 Å². The molecule has 0 N–H and O–H groups in total. The fourth-order valence-electron chi connectivity index (χ4n) is 7.73. The van der Waals surface area contributed by atoms with Crippen LogP contribution in [0.1, 0.15) is 0 Å². The zero-order chi connectivity index (χ0) is 32.8. The molecule has 0 aliphatic carbocycles. The van der Waals surface area contributed by atoms with E-state index < -0.39 is 0 Å². The maximum absolute atomic E-state index is 6.90. The molecule has 5 heteroatoms. The van der Waals surface area contributed by atoms with Crippen LogP contribution >= 0.6 is 0 Å². The summed E-state index contributed by atoms with van der Waals surface area (Å²) in [6, 6.07) is 55.0. The second-order valence-corrected chi connectivity index (χ2v) is 12.8. The summed E-state index contributed by atoms with van der Waals surface area (Å²) in [6.45, 7) is 0. The van der Waals surface area contributed by atoms with Crippen molar-refractivity contribution in [3.63, 3.8) is 0 Å². The molecule has 0 spiro atoms. The molecule has 50 heavy (non-hydrogen) atoms. The summed E-state index contributed by atoms with van der Waals surface area (Å²) in [7, 11) is 0. The minimum atomic E-state index is 0.566. The van der Waals surface area contributed by atoms with Gasteiger partial charge in [-0.1, -0.05) is 127 Å². The van der Waals surface area contributed by atoms with Gasteiger partial charge in [0.25, 0.3) is 0 Å². The number of nitrogens with zero attached hydrogens (tertiary/aromatic N) is 4. The van der Waals surface area contributed by atoms with Crippen molar-refractivity contribution in [2.45, 2.75) is 0 Å². The minimum absolute atomic E-state index is 0.566. The van der Waals surface area contributed by atoms with Crippen LogP contribution in [0.15, 0.2) is 162 Å². The highest BCUT2D eigenvalue weighted by molar-refractivity contribution is 6.27. The van der Waals surface area contributed by atoms with E-state index in [1.165, 1.54) is 5.39 Å². The van der Waals surface area contributed by atoms with E-state index >= 15 is 0 Å². The predicted molar refractivity (Wildman–Crippen MR) is 205 cm³/mol. The molecular weight excluding hydrogens is 613 g/mol. The molecule has 0 bridgehead atoms. The van der Waals surface area contributed by atoms with Gasteiger partial charge in [0.05, 0.1) is 11.0 Å².